The number of nitrogens with zero attached hydrogens (tertiary/aromatic N) is 2. The van der Waals surface area contributed by atoms with Gasteiger partial charge in [-0.25, -0.2) is 0 Å². The third-order valence-electron chi connectivity index (χ3n) is 4.22. The standard InChI is InChI=1S/C16H25N3O/c1-4-18(5-2)13-8-9-19(11-13)16(20)14-7-6-12(3)10-15(14)17/h6-7,10,13H,4-5,8-9,11,17H2,1-3H3. The first-order valence-electron chi connectivity index (χ1n) is 7.46. The number of nitrogens with two attached hydrogens (primary N) is 1. The second kappa shape index (κ2) is 6.27. The molecule has 1 aromatic carbocycles. The van der Waals surface area contributed by atoms with E-state index >= 15 is 0 Å². The van der Waals surface area contributed by atoms with Gasteiger partial charge in [0.2, 0.25) is 0 Å². The fraction of sp³-hybridized carbons (Fsp3) is 0.562. The topological polar surface area (TPSA) is 49.6 Å². The van der Waals surface area contributed by atoms with Crippen molar-refractivity contribution in [1.82, 2.24) is 9.80 Å². The van der Waals surface area contributed by atoms with Crippen molar-refractivity contribution in [2.45, 2.75) is 33.2 Å². The molecule has 0 aliphatic carbocycles. The van der Waals surface area contributed by atoms with Crippen molar-refractivity contribution in [1.29, 1.82) is 0 Å². The Labute approximate surface area is 121 Å². The Kier molecular flexibility index (Phi) is 4.65. The molecule has 110 valence electrons. The fourth-order valence-corrected chi connectivity index (χ4v) is 3.01. The molecule has 1 aliphatic heterocycles. The molecule has 0 aromatic heterocycles. The van der Waals surface area contributed by atoms with Crippen LogP contribution in [0.4, 0.5) is 5.69 Å². The maximum Gasteiger partial charge on any atom is 0.255 e. The molecule has 1 amide bonds. The van der Waals surface area contributed by atoms with Crippen LogP contribution in [0.1, 0.15) is 36.2 Å². The summed E-state index contributed by atoms with van der Waals surface area (Å²) in [6, 6.07) is 6.14. The monoisotopic (exact) mass is 275 g/mol. The van der Waals surface area contributed by atoms with Crippen LogP contribution in [0.2, 0.25) is 0 Å². The molecule has 4 heteroatoms. The van der Waals surface area contributed by atoms with Crippen molar-refractivity contribution in [3.05, 3.63) is 29.3 Å². The van der Waals surface area contributed by atoms with Crippen molar-refractivity contribution in [3.8, 4) is 0 Å². The first-order valence-corrected chi connectivity index (χ1v) is 7.46. The Bertz CT molecular complexity index is 483. The molecule has 1 heterocycles. The molecular formula is C16H25N3O. The van der Waals surface area contributed by atoms with Crippen LogP contribution in [-0.2, 0) is 0 Å². The Morgan fingerprint density at radius 3 is 2.70 bits per heavy atom. The summed E-state index contributed by atoms with van der Waals surface area (Å²) in [7, 11) is 0. The van der Waals surface area contributed by atoms with Gasteiger partial charge in [-0.1, -0.05) is 19.9 Å². The lowest BCUT2D eigenvalue weighted by Crippen LogP contribution is -2.38. The summed E-state index contributed by atoms with van der Waals surface area (Å²) in [6.07, 6.45) is 1.05. The number of hydrogen-bond acceptors (Lipinski definition) is 3. The van der Waals surface area contributed by atoms with Crippen molar-refractivity contribution in [3.63, 3.8) is 0 Å². The summed E-state index contributed by atoms with van der Waals surface area (Å²) < 4.78 is 0. The Hall–Kier alpha value is -1.55. The van der Waals surface area contributed by atoms with Gasteiger partial charge in [0.05, 0.1) is 5.56 Å². The van der Waals surface area contributed by atoms with Crippen LogP contribution in [0.5, 0.6) is 0 Å². The predicted octanol–water partition coefficient (Wildman–Crippen LogP) is 2.13. The second-order valence-electron chi connectivity index (χ2n) is 5.51. The van der Waals surface area contributed by atoms with Gasteiger partial charge in [0.25, 0.3) is 5.91 Å². The molecule has 0 bridgehead atoms. The number of carbonyl (C=O) groups excluding carboxylic acids is 1. The zero-order chi connectivity index (χ0) is 14.7. The number of rotatable bonds is 4. The summed E-state index contributed by atoms with van der Waals surface area (Å²) in [5.41, 5.74) is 8.28. The van der Waals surface area contributed by atoms with Crippen molar-refractivity contribution in [2.24, 2.45) is 0 Å². The molecule has 2 N–H and O–H groups in total. The highest BCUT2D eigenvalue weighted by atomic mass is 16.2. The number of likely N-dealkylation sites (N-methyl/N-ethyl adjacent to an activating group) is 1. The molecule has 1 aromatic rings. The minimum absolute atomic E-state index is 0.0668. The van der Waals surface area contributed by atoms with E-state index in [1.165, 1.54) is 0 Å². The SMILES string of the molecule is CCN(CC)C1CCN(C(=O)c2ccc(C)cc2N)C1. The lowest BCUT2D eigenvalue weighted by atomic mass is 10.1. The smallest absolute Gasteiger partial charge is 0.255 e. The number of likely N-dealkylation sites (tertiary alicyclic amines) is 1. The fourth-order valence-electron chi connectivity index (χ4n) is 3.01. The third kappa shape index (κ3) is 2.96. The summed E-state index contributed by atoms with van der Waals surface area (Å²) in [5.74, 6) is 0.0668. The molecule has 1 fully saturated rings. The lowest BCUT2D eigenvalue weighted by Gasteiger charge is -2.26. The first-order chi connectivity index (χ1) is 9.56. The van der Waals surface area contributed by atoms with Gasteiger partial charge in [-0.15, -0.1) is 0 Å². The highest BCUT2D eigenvalue weighted by Gasteiger charge is 2.30. The maximum absolute atomic E-state index is 12.6. The van der Waals surface area contributed by atoms with Crippen molar-refractivity contribution >= 4 is 11.6 Å². The molecule has 1 aliphatic rings. The first kappa shape index (κ1) is 14.9. The van der Waals surface area contributed by atoms with E-state index in [9.17, 15) is 4.79 Å². The Morgan fingerprint density at radius 1 is 1.40 bits per heavy atom. The minimum Gasteiger partial charge on any atom is -0.398 e. The summed E-state index contributed by atoms with van der Waals surface area (Å²) >= 11 is 0. The largest absolute Gasteiger partial charge is 0.398 e. The predicted molar refractivity (Wildman–Crippen MR) is 82.8 cm³/mol. The van der Waals surface area contributed by atoms with E-state index < -0.39 is 0 Å². The van der Waals surface area contributed by atoms with Crippen LogP contribution in [-0.4, -0.2) is 47.9 Å². The number of anilines is 1. The molecule has 1 unspecified atom stereocenters. The van der Waals surface area contributed by atoms with Gasteiger partial charge >= 0.3 is 0 Å². The van der Waals surface area contributed by atoms with Crippen molar-refractivity contribution in [2.75, 3.05) is 31.9 Å². The molecule has 20 heavy (non-hydrogen) atoms. The van der Waals surface area contributed by atoms with E-state index in [0.29, 0.717) is 17.3 Å². The van der Waals surface area contributed by atoms with Gasteiger partial charge < -0.3 is 10.6 Å². The number of hydrogen-bond donors (Lipinski definition) is 1. The Morgan fingerprint density at radius 2 is 2.10 bits per heavy atom. The maximum atomic E-state index is 12.6. The highest BCUT2D eigenvalue weighted by molar-refractivity contribution is 5.99. The van der Waals surface area contributed by atoms with E-state index in [4.69, 9.17) is 5.73 Å². The van der Waals surface area contributed by atoms with E-state index in [-0.39, 0.29) is 5.91 Å². The molecular weight excluding hydrogens is 250 g/mol. The van der Waals surface area contributed by atoms with E-state index in [1.807, 2.05) is 30.0 Å². The number of benzene rings is 1. The van der Waals surface area contributed by atoms with Gasteiger partial charge in [0.15, 0.2) is 0 Å². The van der Waals surface area contributed by atoms with Crippen molar-refractivity contribution < 1.29 is 4.79 Å². The van der Waals surface area contributed by atoms with E-state index in [0.717, 1.165) is 38.2 Å². The van der Waals surface area contributed by atoms with E-state index in [2.05, 4.69) is 18.7 Å². The number of carbonyl (C=O) groups is 1. The molecule has 0 radical (unpaired) electrons. The summed E-state index contributed by atoms with van der Waals surface area (Å²) in [4.78, 5) is 16.9. The lowest BCUT2D eigenvalue weighted by molar-refractivity contribution is 0.0779. The molecule has 1 saturated heterocycles. The van der Waals surface area contributed by atoms with Crippen LogP contribution in [0, 0.1) is 6.92 Å². The molecule has 0 saturated carbocycles. The zero-order valence-corrected chi connectivity index (χ0v) is 12.7. The van der Waals surface area contributed by atoms with Crippen LogP contribution < -0.4 is 5.73 Å². The van der Waals surface area contributed by atoms with Gasteiger partial charge in [-0.2, -0.15) is 0 Å². The van der Waals surface area contributed by atoms with Crippen LogP contribution in [0.3, 0.4) is 0 Å². The van der Waals surface area contributed by atoms with Gasteiger partial charge in [0.1, 0.15) is 0 Å². The molecule has 1 atom stereocenters. The number of amides is 1. The molecule has 4 nitrogen and oxygen atoms in total. The minimum atomic E-state index is 0.0668. The average molecular weight is 275 g/mol. The molecule has 2 rings (SSSR count). The van der Waals surface area contributed by atoms with Crippen LogP contribution >= 0.6 is 0 Å². The van der Waals surface area contributed by atoms with E-state index in [1.54, 1.807) is 0 Å². The highest BCUT2D eigenvalue weighted by Crippen LogP contribution is 2.21. The third-order valence-corrected chi connectivity index (χ3v) is 4.22. The quantitative estimate of drug-likeness (QED) is 0.856. The summed E-state index contributed by atoms with van der Waals surface area (Å²) in [5, 5.41) is 0. The van der Waals surface area contributed by atoms with Gasteiger partial charge in [-0.05, 0) is 44.1 Å². The van der Waals surface area contributed by atoms with Gasteiger partial charge in [-0.3, -0.25) is 9.69 Å². The summed E-state index contributed by atoms with van der Waals surface area (Å²) in [6.45, 7) is 10.0. The molecule has 0 spiro atoms. The number of aryl methyl sites for hydroxylation is 1. The zero-order valence-electron chi connectivity index (χ0n) is 12.7. The Balaban J connectivity index is 2.08. The van der Waals surface area contributed by atoms with Crippen LogP contribution in [0.25, 0.3) is 0 Å². The average Bonchev–Trinajstić information content (AvgIpc) is 2.89. The normalized spacial score (nSPS) is 18.8. The van der Waals surface area contributed by atoms with Gasteiger partial charge in [0, 0.05) is 24.8 Å². The van der Waals surface area contributed by atoms with Crippen LogP contribution in [0.15, 0.2) is 18.2 Å². The second-order valence-corrected chi connectivity index (χ2v) is 5.51. The number of nitrogen functional groups attached to an aromatic ring is 1.